The predicted octanol–water partition coefficient (Wildman–Crippen LogP) is 3.96. The fourth-order valence-corrected chi connectivity index (χ4v) is 3.77. The molecule has 150 valence electrons. The maximum atomic E-state index is 13.8. The molecule has 1 aliphatic rings. The van der Waals surface area contributed by atoms with Crippen LogP contribution >= 0.6 is 0 Å². The van der Waals surface area contributed by atoms with Gasteiger partial charge in [0.05, 0.1) is 30.2 Å². The van der Waals surface area contributed by atoms with Crippen LogP contribution in [0.4, 0.5) is 8.78 Å². The molecule has 0 saturated carbocycles. The Hall–Kier alpha value is -3.29. The van der Waals surface area contributed by atoms with Crippen molar-refractivity contribution in [1.82, 2.24) is 14.3 Å². The fourth-order valence-electron chi connectivity index (χ4n) is 3.77. The topological polar surface area (TPSA) is 77.1 Å². The summed E-state index contributed by atoms with van der Waals surface area (Å²) in [5, 5.41) is 13.8. The number of aromatic nitrogens is 3. The third kappa shape index (κ3) is 3.04. The molecule has 0 unspecified atom stereocenters. The molecule has 3 heterocycles. The highest BCUT2D eigenvalue weighted by Gasteiger charge is 2.35. The lowest BCUT2D eigenvalue weighted by Gasteiger charge is -2.38. The van der Waals surface area contributed by atoms with Crippen LogP contribution in [0.1, 0.15) is 37.2 Å². The van der Waals surface area contributed by atoms with Crippen LogP contribution in [0, 0.1) is 17.0 Å². The molecule has 3 aromatic rings. The Morgan fingerprint density at radius 1 is 1.21 bits per heavy atom. The molecule has 2 aromatic heterocycles. The highest BCUT2D eigenvalue weighted by molar-refractivity contribution is 5.88. The summed E-state index contributed by atoms with van der Waals surface area (Å²) in [4.78, 5) is 23.9. The Bertz CT molecular complexity index is 1200. The van der Waals surface area contributed by atoms with Crippen molar-refractivity contribution in [3.05, 3.63) is 64.1 Å². The molecule has 1 atom stereocenters. The van der Waals surface area contributed by atoms with Gasteiger partial charge in [0.15, 0.2) is 17.1 Å². The number of benzene rings is 1. The maximum absolute atomic E-state index is 13.8. The van der Waals surface area contributed by atoms with Gasteiger partial charge in [0.2, 0.25) is 0 Å². The van der Waals surface area contributed by atoms with Crippen LogP contribution in [0.3, 0.4) is 0 Å². The number of aromatic carboxylic acids is 1. The number of pyridine rings is 1. The van der Waals surface area contributed by atoms with E-state index in [1.165, 1.54) is 18.3 Å². The lowest BCUT2D eigenvalue weighted by atomic mass is 9.84. The predicted molar refractivity (Wildman–Crippen MR) is 103 cm³/mol. The monoisotopic (exact) mass is 399 g/mol. The molecule has 0 fully saturated rings. The molecule has 0 bridgehead atoms. The first-order valence-electron chi connectivity index (χ1n) is 9.09. The lowest BCUT2D eigenvalue weighted by Crippen LogP contribution is -2.35. The number of carboxylic acid groups (broad SMARTS) is 1. The second-order valence-electron chi connectivity index (χ2n) is 8.25. The summed E-state index contributed by atoms with van der Waals surface area (Å²) < 4.78 is 30.7. The summed E-state index contributed by atoms with van der Waals surface area (Å²) in [6.45, 7) is 6.50. The van der Waals surface area contributed by atoms with Crippen LogP contribution < -0.4 is 5.43 Å². The Balaban J connectivity index is 2.00. The summed E-state index contributed by atoms with van der Waals surface area (Å²) in [6, 6.07) is 4.67. The molecule has 0 aliphatic carbocycles. The van der Waals surface area contributed by atoms with E-state index in [1.54, 1.807) is 15.4 Å². The molecule has 0 radical (unpaired) electrons. The van der Waals surface area contributed by atoms with Gasteiger partial charge in [0.1, 0.15) is 5.56 Å². The molecular formula is C21H19F2N3O3. The van der Waals surface area contributed by atoms with E-state index < -0.39 is 23.0 Å². The van der Waals surface area contributed by atoms with Crippen molar-refractivity contribution in [1.29, 1.82) is 0 Å². The Morgan fingerprint density at radius 3 is 2.55 bits per heavy atom. The Kier molecular flexibility index (Phi) is 4.18. The number of carbonyl (C=O) groups is 1. The quantitative estimate of drug-likeness (QED) is 0.708. The Labute approximate surface area is 165 Å². The molecule has 8 heteroatoms. The van der Waals surface area contributed by atoms with Crippen molar-refractivity contribution in [2.75, 3.05) is 0 Å². The largest absolute Gasteiger partial charge is 0.477 e. The van der Waals surface area contributed by atoms with E-state index in [4.69, 9.17) is 0 Å². The first-order chi connectivity index (χ1) is 13.6. The molecule has 4 rings (SSSR count). The second kappa shape index (κ2) is 6.37. The minimum atomic E-state index is -1.29. The van der Waals surface area contributed by atoms with Crippen molar-refractivity contribution in [3.8, 4) is 22.5 Å². The van der Waals surface area contributed by atoms with E-state index >= 15 is 0 Å². The van der Waals surface area contributed by atoms with E-state index in [-0.39, 0.29) is 17.0 Å². The average Bonchev–Trinajstić information content (AvgIpc) is 3.06. The third-order valence-corrected chi connectivity index (χ3v) is 5.30. The molecule has 6 nitrogen and oxygen atoms in total. The van der Waals surface area contributed by atoms with E-state index in [1.807, 2.05) is 20.8 Å². The minimum Gasteiger partial charge on any atom is -0.477 e. The van der Waals surface area contributed by atoms with Crippen LogP contribution in [-0.4, -0.2) is 25.4 Å². The molecule has 0 amide bonds. The van der Waals surface area contributed by atoms with E-state index in [2.05, 4.69) is 5.10 Å². The number of nitrogens with zero attached hydrogens (tertiary/aromatic N) is 3. The van der Waals surface area contributed by atoms with Gasteiger partial charge in [-0.1, -0.05) is 26.8 Å². The zero-order chi connectivity index (χ0) is 21.1. The van der Waals surface area contributed by atoms with Gasteiger partial charge in [0.25, 0.3) is 0 Å². The molecule has 1 N–H and O–H groups in total. The van der Waals surface area contributed by atoms with Crippen LogP contribution in [0.5, 0.6) is 0 Å². The third-order valence-electron chi connectivity index (χ3n) is 5.30. The van der Waals surface area contributed by atoms with Crippen LogP contribution in [0.2, 0.25) is 0 Å². The lowest BCUT2D eigenvalue weighted by molar-refractivity contribution is 0.0693. The Morgan fingerprint density at radius 2 is 1.93 bits per heavy atom. The molecule has 1 aliphatic heterocycles. The van der Waals surface area contributed by atoms with Crippen molar-refractivity contribution in [3.63, 3.8) is 0 Å². The van der Waals surface area contributed by atoms with Crippen molar-refractivity contribution < 1.29 is 18.7 Å². The molecular weight excluding hydrogens is 380 g/mol. The molecule has 0 spiro atoms. The van der Waals surface area contributed by atoms with Gasteiger partial charge >= 0.3 is 5.97 Å². The standard InChI is InChI=1S/C21H19F2N3O3/c1-21(2,3)18-10-26-19(16-7-17(27)13(20(28)29)9-25(16)18)12(8-24-26)11-4-5-14(22)15(23)6-11/h4-9,18H,10H2,1-3H3,(H,28,29)/t18-/m0/s1. The highest BCUT2D eigenvalue weighted by atomic mass is 19.2. The number of halogens is 2. The first kappa shape index (κ1) is 19.0. The number of hydrogen-bond donors (Lipinski definition) is 1. The zero-order valence-electron chi connectivity index (χ0n) is 16.1. The zero-order valence-corrected chi connectivity index (χ0v) is 16.1. The van der Waals surface area contributed by atoms with Gasteiger partial charge in [-0.2, -0.15) is 5.10 Å². The SMILES string of the molecule is CC(C)(C)[C@@H]1Cn2ncc(-c3ccc(F)c(F)c3)c2-c2cc(=O)c(C(=O)O)cn21. The van der Waals surface area contributed by atoms with E-state index in [0.717, 1.165) is 12.1 Å². The van der Waals surface area contributed by atoms with Gasteiger partial charge in [-0.05, 0) is 23.1 Å². The van der Waals surface area contributed by atoms with Crippen molar-refractivity contribution >= 4 is 5.97 Å². The molecule has 29 heavy (non-hydrogen) atoms. The maximum Gasteiger partial charge on any atom is 0.341 e. The summed E-state index contributed by atoms with van der Waals surface area (Å²) in [5.74, 6) is -3.23. The van der Waals surface area contributed by atoms with E-state index in [9.17, 15) is 23.5 Å². The van der Waals surface area contributed by atoms with Gasteiger partial charge < -0.3 is 9.67 Å². The molecule has 1 aromatic carbocycles. The van der Waals surface area contributed by atoms with Gasteiger partial charge in [-0.3, -0.25) is 9.48 Å². The smallest absolute Gasteiger partial charge is 0.341 e. The first-order valence-corrected chi connectivity index (χ1v) is 9.09. The van der Waals surface area contributed by atoms with E-state index in [0.29, 0.717) is 29.1 Å². The number of fused-ring (bicyclic) bond motifs is 3. The fraction of sp³-hybridized carbons (Fsp3) is 0.286. The van der Waals surface area contributed by atoms with Crippen molar-refractivity contribution in [2.24, 2.45) is 5.41 Å². The highest BCUT2D eigenvalue weighted by Crippen LogP contribution is 2.42. The number of hydrogen-bond acceptors (Lipinski definition) is 3. The van der Waals surface area contributed by atoms with Crippen LogP contribution in [0.25, 0.3) is 22.5 Å². The summed E-state index contributed by atoms with van der Waals surface area (Å²) in [5.41, 5.74) is 0.806. The minimum absolute atomic E-state index is 0.165. The summed E-state index contributed by atoms with van der Waals surface area (Å²) in [7, 11) is 0. The number of rotatable bonds is 2. The van der Waals surface area contributed by atoms with Gasteiger partial charge in [-0.15, -0.1) is 0 Å². The van der Waals surface area contributed by atoms with Crippen LogP contribution in [0.15, 0.2) is 41.5 Å². The van der Waals surface area contributed by atoms with Gasteiger partial charge in [0, 0.05) is 17.8 Å². The second-order valence-corrected chi connectivity index (χ2v) is 8.25. The van der Waals surface area contributed by atoms with Gasteiger partial charge in [-0.25, -0.2) is 13.6 Å². The van der Waals surface area contributed by atoms with Crippen molar-refractivity contribution in [2.45, 2.75) is 33.4 Å². The average molecular weight is 399 g/mol. The molecule has 0 saturated heterocycles. The normalized spacial score (nSPS) is 15.7. The van der Waals surface area contributed by atoms with Crippen LogP contribution in [-0.2, 0) is 6.54 Å². The summed E-state index contributed by atoms with van der Waals surface area (Å²) >= 11 is 0. The number of carboxylic acids is 1. The summed E-state index contributed by atoms with van der Waals surface area (Å²) in [6.07, 6.45) is 2.91.